The molecule has 4 rings (SSSR count). The number of ketones is 2. The highest BCUT2D eigenvalue weighted by Crippen LogP contribution is 2.67. The molecular formula is C29H44O2. The summed E-state index contributed by atoms with van der Waals surface area (Å²) in [5.41, 5.74) is 2.25. The number of carbonyl (C=O) groups is 2. The lowest BCUT2D eigenvalue weighted by Gasteiger charge is -2.59. The number of hydrogen-bond acceptors (Lipinski definition) is 2. The molecule has 7 atom stereocenters. The van der Waals surface area contributed by atoms with Gasteiger partial charge in [-0.1, -0.05) is 44.1 Å². The first kappa shape index (κ1) is 23.0. The van der Waals surface area contributed by atoms with Gasteiger partial charge in [-0.3, -0.25) is 9.59 Å². The van der Waals surface area contributed by atoms with Crippen molar-refractivity contribution in [3.05, 3.63) is 23.3 Å². The third kappa shape index (κ3) is 3.34. The van der Waals surface area contributed by atoms with Crippen LogP contribution in [0.3, 0.4) is 0 Å². The fourth-order valence-corrected chi connectivity index (χ4v) is 8.71. The molecule has 3 saturated carbocycles. The first-order valence-corrected chi connectivity index (χ1v) is 12.8. The largest absolute Gasteiger partial charge is 0.299 e. The first-order chi connectivity index (χ1) is 14.4. The van der Waals surface area contributed by atoms with Crippen molar-refractivity contribution in [2.75, 3.05) is 0 Å². The summed E-state index contributed by atoms with van der Waals surface area (Å²) in [6.45, 7) is 15.7. The highest BCUT2D eigenvalue weighted by Gasteiger charge is 2.64. The second-order valence-electron chi connectivity index (χ2n) is 12.6. The van der Waals surface area contributed by atoms with E-state index in [1.807, 2.05) is 0 Å². The lowest BCUT2D eigenvalue weighted by atomic mass is 9.44. The second-order valence-corrected chi connectivity index (χ2v) is 12.6. The number of fused-ring (bicyclic) bond motifs is 5. The molecule has 172 valence electrons. The molecule has 0 aromatic heterocycles. The van der Waals surface area contributed by atoms with Gasteiger partial charge in [-0.25, -0.2) is 0 Å². The third-order valence-corrected chi connectivity index (χ3v) is 10.5. The molecule has 0 saturated heterocycles. The molecule has 0 aliphatic heterocycles. The SMILES string of the molecule is CC(C)=CCC[C@@H](C)[C@H]1CC[C@H]2[C@@H]3CC=C4C(C)(C)C(=O)CC[C@]4(C)[C@H]3CC(=O)[C@]12C. The Morgan fingerprint density at radius 1 is 1.10 bits per heavy atom. The molecule has 0 unspecified atom stereocenters. The van der Waals surface area contributed by atoms with Crippen molar-refractivity contribution >= 4 is 11.6 Å². The molecule has 2 nitrogen and oxygen atoms in total. The average molecular weight is 425 g/mol. The maximum atomic E-state index is 13.9. The van der Waals surface area contributed by atoms with E-state index in [4.69, 9.17) is 0 Å². The molecule has 0 N–H and O–H groups in total. The number of carbonyl (C=O) groups excluding carboxylic acids is 2. The monoisotopic (exact) mass is 424 g/mol. The quantitative estimate of drug-likeness (QED) is 0.443. The standard InChI is InChI=1S/C29H44O2/c1-18(2)9-8-10-19(3)21-12-13-22-20-11-14-24-27(4,5)25(30)15-16-28(24,6)23(20)17-26(31)29(21,22)7/h9,14,19-23H,8,10-13,15-17H2,1-7H3/t19-,20+,21-,22+,23+,28-,29-/m1/s1. The van der Waals surface area contributed by atoms with Gasteiger partial charge in [0.25, 0.3) is 0 Å². The Morgan fingerprint density at radius 3 is 2.48 bits per heavy atom. The zero-order chi connectivity index (χ0) is 22.8. The highest BCUT2D eigenvalue weighted by atomic mass is 16.1. The Morgan fingerprint density at radius 2 is 1.81 bits per heavy atom. The van der Waals surface area contributed by atoms with Crippen molar-refractivity contribution in [2.45, 2.75) is 99.8 Å². The first-order valence-electron chi connectivity index (χ1n) is 12.8. The predicted octanol–water partition coefficient (Wildman–Crippen LogP) is 7.33. The summed E-state index contributed by atoms with van der Waals surface area (Å²) in [4.78, 5) is 26.6. The van der Waals surface area contributed by atoms with E-state index in [0.29, 0.717) is 47.6 Å². The summed E-state index contributed by atoms with van der Waals surface area (Å²) >= 11 is 0. The minimum Gasteiger partial charge on any atom is -0.299 e. The minimum absolute atomic E-state index is 0.0183. The van der Waals surface area contributed by atoms with Crippen LogP contribution < -0.4 is 0 Å². The van der Waals surface area contributed by atoms with Gasteiger partial charge in [0.15, 0.2) is 0 Å². The van der Waals surface area contributed by atoms with Crippen LogP contribution in [0.2, 0.25) is 0 Å². The van der Waals surface area contributed by atoms with Crippen LogP contribution in [-0.4, -0.2) is 11.6 Å². The van der Waals surface area contributed by atoms with Gasteiger partial charge >= 0.3 is 0 Å². The molecule has 0 spiro atoms. The van der Waals surface area contributed by atoms with E-state index in [1.54, 1.807) is 0 Å². The summed E-state index contributed by atoms with van der Waals surface area (Å²) in [5, 5.41) is 0. The Labute approximate surface area is 190 Å². The molecule has 0 radical (unpaired) electrons. The van der Waals surface area contributed by atoms with Crippen molar-refractivity contribution in [1.29, 1.82) is 0 Å². The Bertz CT molecular complexity index is 826. The molecule has 4 aliphatic rings. The minimum atomic E-state index is -0.362. The van der Waals surface area contributed by atoms with Crippen LogP contribution >= 0.6 is 0 Å². The van der Waals surface area contributed by atoms with E-state index < -0.39 is 0 Å². The summed E-state index contributed by atoms with van der Waals surface area (Å²) in [6, 6.07) is 0. The third-order valence-electron chi connectivity index (χ3n) is 10.5. The van der Waals surface area contributed by atoms with Crippen LogP contribution in [0.5, 0.6) is 0 Å². The molecule has 0 bridgehead atoms. The van der Waals surface area contributed by atoms with E-state index in [2.05, 4.69) is 60.6 Å². The molecule has 0 amide bonds. The highest BCUT2D eigenvalue weighted by molar-refractivity contribution is 5.90. The second kappa shape index (κ2) is 7.70. The van der Waals surface area contributed by atoms with Crippen LogP contribution in [-0.2, 0) is 9.59 Å². The van der Waals surface area contributed by atoms with Crippen LogP contribution in [0, 0.1) is 45.8 Å². The molecule has 0 aromatic rings. The van der Waals surface area contributed by atoms with Crippen molar-refractivity contribution in [3.63, 3.8) is 0 Å². The maximum absolute atomic E-state index is 13.9. The van der Waals surface area contributed by atoms with E-state index in [0.717, 1.165) is 25.7 Å². The predicted molar refractivity (Wildman–Crippen MR) is 128 cm³/mol. The van der Waals surface area contributed by atoms with E-state index in [1.165, 1.54) is 30.4 Å². The number of rotatable bonds is 4. The molecule has 31 heavy (non-hydrogen) atoms. The maximum Gasteiger partial charge on any atom is 0.142 e. The molecule has 2 heteroatoms. The van der Waals surface area contributed by atoms with Gasteiger partial charge in [0.2, 0.25) is 0 Å². The van der Waals surface area contributed by atoms with E-state index in [-0.39, 0.29) is 16.2 Å². The topological polar surface area (TPSA) is 34.1 Å². The lowest BCUT2D eigenvalue weighted by Crippen LogP contribution is -2.56. The number of hydrogen-bond donors (Lipinski definition) is 0. The number of Topliss-reactive ketones (excluding diaryl/α,β-unsaturated/α-hetero) is 2. The van der Waals surface area contributed by atoms with Crippen molar-refractivity contribution < 1.29 is 9.59 Å². The van der Waals surface area contributed by atoms with Gasteiger partial charge in [-0.05, 0) is 101 Å². The molecular weight excluding hydrogens is 380 g/mol. The average Bonchev–Trinajstić information content (AvgIpc) is 3.05. The summed E-state index contributed by atoms with van der Waals surface area (Å²) < 4.78 is 0. The van der Waals surface area contributed by atoms with E-state index in [9.17, 15) is 9.59 Å². The van der Waals surface area contributed by atoms with Gasteiger partial charge in [-0.2, -0.15) is 0 Å². The molecule has 0 aromatic carbocycles. The van der Waals surface area contributed by atoms with Gasteiger partial charge < -0.3 is 0 Å². The van der Waals surface area contributed by atoms with Gasteiger partial charge in [-0.15, -0.1) is 0 Å². The van der Waals surface area contributed by atoms with Gasteiger partial charge in [0.1, 0.15) is 11.6 Å². The van der Waals surface area contributed by atoms with Crippen LogP contribution in [0.25, 0.3) is 0 Å². The molecule has 4 aliphatic carbocycles. The summed E-state index contributed by atoms with van der Waals surface area (Å²) in [7, 11) is 0. The van der Waals surface area contributed by atoms with Crippen molar-refractivity contribution in [1.82, 2.24) is 0 Å². The van der Waals surface area contributed by atoms with Crippen molar-refractivity contribution in [3.8, 4) is 0 Å². The Kier molecular flexibility index (Phi) is 5.71. The fourth-order valence-electron chi connectivity index (χ4n) is 8.71. The van der Waals surface area contributed by atoms with Gasteiger partial charge in [0.05, 0.1) is 0 Å². The Balaban J connectivity index is 1.62. The fraction of sp³-hybridized carbons (Fsp3) is 0.793. The van der Waals surface area contributed by atoms with Gasteiger partial charge in [0, 0.05) is 23.7 Å². The zero-order valence-electron chi connectivity index (χ0n) is 21.0. The van der Waals surface area contributed by atoms with Crippen LogP contribution in [0.15, 0.2) is 23.3 Å². The smallest absolute Gasteiger partial charge is 0.142 e. The summed E-state index contributed by atoms with van der Waals surface area (Å²) in [5.74, 6) is 3.59. The van der Waals surface area contributed by atoms with Crippen LogP contribution in [0.4, 0.5) is 0 Å². The zero-order valence-corrected chi connectivity index (χ0v) is 21.0. The lowest BCUT2D eigenvalue weighted by molar-refractivity contribution is -0.149. The van der Waals surface area contributed by atoms with Crippen LogP contribution in [0.1, 0.15) is 99.8 Å². The molecule has 0 heterocycles. The normalized spacial score (nSPS) is 42.2. The van der Waals surface area contributed by atoms with E-state index >= 15 is 0 Å². The van der Waals surface area contributed by atoms with Crippen molar-refractivity contribution in [2.24, 2.45) is 45.8 Å². The number of allylic oxidation sites excluding steroid dienone is 4. The summed E-state index contributed by atoms with van der Waals surface area (Å²) in [6.07, 6.45) is 12.9. The molecule has 3 fully saturated rings. The Hall–Kier alpha value is -1.18.